The number of carbonyl (C=O) groups excluding carboxylic acids is 2. The number of anilines is 2. The highest BCUT2D eigenvalue weighted by atomic mass is 35.5. The largest absolute Gasteiger partial charge is 0.375 e. The smallest absolute Gasteiger partial charge is 0.240 e. The summed E-state index contributed by atoms with van der Waals surface area (Å²) < 4.78 is 0. The molecule has 0 aliphatic heterocycles. The van der Waals surface area contributed by atoms with Gasteiger partial charge in [-0.3, -0.25) is 9.59 Å². The number of halogens is 2. The first-order chi connectivity index (χ1) is 13.6. The van der Waals surface area contributed by atoms with Gasteiger partial charge >= 0.3 is 0 Å². The lowest BCUT2D eigenvalue weighted by molar-refractivity contribution is -0.120. The lowest BCUT2D eigenvalue weighted by Gasteiger charge is -2.07. The molecule has 0 radical (unpaired) electrons. The van der Waals surface area contributed by atoms with Gasteiger partial charge in [-0.05, 0) is 24.3 Å². The third kappa shape index (κ3) is 7.78. The molecule has 0 fully saturated rings. The van der Waals surface area contributed by atoms with E-state index in [0.29, 0.717) is 21.4 Å². The summed E-state index contributed by atoms with van der Waals surface area (Å²) in [6.45, 7) is 0.569. The molecule has 6 nitrogen and oxygen atoms in total. The van der Waals surface area contributed by atoms with Gasteiger partial charge in [0.05, 0.1) is 47.6 Å². The molecule has 0 spiro atoms. The van der Waals surface area contributed by atoms with Gasteiger partial charge in [0.25, 0.3) is 0 Å². The van der Waals surface area contributed by atoms with E-state index in [1.54, 1.807) is 24.3 Å². The molecular formula is C20H20Cl2N4O2. The summed E-state index contributed by atoms with van der Waals surface area (Å²) in [5.41, 5.74) is 1.39. The number of nitrogens with one attached hydrogen (secondary N) is 4. The molecule has 0 aliphatic rings. The Morgan fingerprint density at radius 3 is 1.50 bits per heavy atom. The average molecular weight is 419 g/mol. The lowest BCUT2D eigenvalue weighted by atomic mass is 10.3. The van der Waals surface area contributed by atoms with E-state index < -0.39 is 0 Å². The first-order valence-corrected chi connectivity index (χ1v) is 9.28. The molecule has 0 unspecified atom stereocenters. The number of hydrogen-bond donors (Lipinski definition) is 4. The SMILES string of the molecule is O=C(CNc1ccccc1Cl)NCC#CCNC(=O)CNc1ccccc1Cl. The zero-order valence-corrected chi connectivity index (χ0v) is 16.5. The molecule has 8 heteroatoms. The van der Waals surface area contributed by atoms with Gasteiger partial charge in [-0.2, -0.15) is 0 Å². The van der Waals surface area contributed by atoms with E-state index >= 15 is 0 Å². The summed E-state index contributed by atoms with van der Waals surface area (Å²) in [6, 6.07) is 14.4. The minimum atomic E-state index is -0.206. The summed E-state index contributed by atoms with van der Waals surface area (Å²) in [4.78, 5) is 23.5. The molecule has 2 aromatic rings. The van der Waals surface area contributed by atoms with Crippen LogP contribution in [0.4, 0.5) is 11.4 Å². The molecule has 0 aromatic heterocycles. The predicted molar refractivity (Wildman–Crippen MR) is 114 cm³/mol. The predicted octanol–water partition coefficient (Wildman–Crippen LogP) is 2.75. The fourth-order valence-electron chi connectivity index (χ4n) is 2.10. The molecular weight excluding hydrogens is 399 g/mol. The van der Waals surface area contributed by atoms with E-state index in [0.717, 1.165) is 0 Å². The third-order valence-electron chi connectivity index (χ3n) is 3.50. The summed E-state index contributed by atoms with van der Waals surface area (Å²) in [5.74, 6) is 5.13. The van der Waals surface area contributed by atoms with Crippen molar-refractivity contribution in [3.63, 3.8) is 0 Å². The first-order valence-electron chi connectivity index (χ1n) is 8.52. The van der Waals surface area contributed by atoms with Gasteiger partial charge in [0, 0.05) is 0 Å². The van der Waals surface area contributed by atoms with Gasteiger partial charge in [0.15, 0.2) is 0 Å². The van der Waals surface area contributed by atoms with Crippen LogP contribution >= 0.6 is 23.2 Å². The maximum absolute atomic E-state index is 11.7. The lowest BCUT2D eigenvalue weighted by Crippen LogP contribution is -2.31. The summed E-state index contributed by atoms with van der Waals surface area (Å²) in [7, 11) is 0. The van der Waals surface area contributed by atoms with Crippen LogP contribution in [0.3, 0.4) is 0 Å². The van der Waals surface area contributed by atoms with Gasteiger partial charge in [-0.1, -0.05) is 59.3 Å². The Labute approximate surface area is 174 Å². The zero-order valence-electron chi connectivity index (χ0n) is 15.0. The highest BCUT2D eigenvalue weighted by Crippen LogP contribution is 2.20. The second kappa shape index (κ2) is 11.8. The fourth-order valence-corrected chi connectivity index (χ4v) is 2.50. The Hall–Kier alpha value is -2.88. The molecule has 0 saturated carbocycles. The Morgan fingerprint density at radius 2 is 1.11 bits per heavy atom. The second-order valence-electron chi connectivity index (χ2n) is 5.57. The molecule has 0 bridgehead atoms. The highest BCUT2D eigenvalue weighted by molar-refractivity contribution is 6.33. The number of para-hydroxylation sites is 2. The first kappa shape index (κ1) is 21.4. The summed E-state index contributed by atoms with van der Waals surface area (Å²) >= 11 is 12.0. The van der Waals surface area contributed by atoms with Crippen molar-refractivity contribution in [2.24, 2.45) is 0 Å². The van der Waals surface area contributed by atoms with Crippen LogP contribution in [-0.4, -0.2) is 38.0 Å². The quantitative estimate of drug-likeness (QED) is 0.496. The standard InChI is InChI=1S/C20H20Cl2N4O2/c21-15-7-1-3-9-17(15)25-13-19(27)23-11-5-6-12-24-20(28)14-26-18-10-4-2-8-16(18)22/h1-4,7-10,25-26H,11-14H2,(H,23,27)(H,24,28). The van der Waals surface area contributed by atoms with Crippen LogP contribution in [0.2, 0.25) is 10.0 Å². The van der Waals surface area contributed by atoms with Gasteiger partial charge in [-0.15, -0.1) is 0 Å². The van der Waals surface area contributed by atoms with Crippen molar-refractivity contribution in [1.29, 1.82) is 0 Å². The monoisotopic (exact) mass is 418 g/mol. The van der Waals surface area contributed by atoms with Crippen LogP contribution < -0.4 is 21.3 Å². The topological polar surface area (TPSA) is 82.3 Å². The van der Waals surface area contributed by atoms with Crippen LogP contribution in [0.25, 0.3) is 0 Å². The Bertz CT molecular complexity index is 808. The molecule has 0 heterocycles. The molecule has 28 heavy (non-hydrogen) atoms. The van der Waals surface area contributed by atoms with Crippen LogP contribution in [0.15, 0.2) is 48.5 Å². The minimum absolute atomic E-state index is 0.0931. The maximum atomic E-state index is 11.7. The molecule has 2 amide bonds. The number of rotatable bonds is 8. The molecule has 0 saturated heterocycles. The van der Waals surface area contributed by atoms with Crippen molar-refractivity contribution in [1.82, 2.24) is 10.6 Å². The second-order valence-corrected chi connectivity index (χ2v) is 6.39. The maximum Gasteiger partial charge on any atom is 0.240 e. The van der Waals surface area contributed by atoms with Crippen molar-refractivity contribution >= 4 is 46.4 Å². The van der Waals surface area contributed by atoms with Crippen LogP contribution in [0.1, 0.15) is 0 Å². The summed E-state index contributed by atoms with van der Waals surface area (Å²) in [6.07, 6.45) is 0. The van der Waals surface area contributed by atoms with Crippen molar-refractivity contribution in [2.45, 2.75) is 0 Å². The van der Waals surface area contributed by atoms with Crippen molar-refractivity contribution in [3.8, 4) is 11.8 Å². The van der Waals surface area contributed by atoms with E-state index in [4.69, 9.17) is 23.2 Å². The molecule has 2 rings (SSSR count). The molecule has 4 N–H and O–H groups in total. The van der Waals surface area contributed by atoms with Crippen molar-refractivity contribution in [2.75, 3.05) is 36.8 Å². The van der Waals surface area contributed by atoms with E-state index in [1.165, 1.54) is 0 Å². The van der Waals surface area contributed by atoms with Gasteiger partial charge < -0.3 is 21.3 Å². The third-order valence-corrected chi connectivity index (χ3v) is 4.16. The van der Waals surface area contributed by atoms with E-state index in [2.05, 4.69) is 33.1 Å². The zero-order chi connectivity index (χ0) is 20.2. The molecule has 0 atom stereocenters. The van der Waals surface area contributed by atoms with E-state index in [9.17, 15) is 9.59 Å². The van der Waals surface area contributed by atoms with Gasteiger partial charge in [-0.25, -0.2) is 0 Å². The van der Waals surface area contributed by atoms with Crippen molar-refractivity contribution < 1.29 is 9.59 Å². The Kier molecular flexibility index (Phi) is 8.99. The molecule has 2 aromatic carbocycles. The van der Waals surface area contributed by atoms with E-state index in [-0.39, 0.29) is 38.0 Å². The molecule has 0 aliphatic carbocycles. The van der Waals surface area contributed by atoms with Gasteiger partial charge in [0.1, 0.15) is 0 Å². The van der Waals surface area contributed by atoms with Crippen molar-refractivity contribution in [3.05, 3.63) is 58.6 Å². The van der Waals surface area contributed by atoms with Crippen LogP contribution in [0.5, 0.6) is 0 Å². The van der Waals surface area contributed by atoms with E-state index in [1.807, 2.05) is 24.3 Å². The van der Waals surface area contributed by atoms with Gasteiger partial charge in [0.2, 0.25) is 11.8 Å². The minimum Gasteiger partial charge on any atom is -0.375 e. The average Bonchev–Trinajstić information content (AvgIpc) is 2.69. The fraction of sp³-hybridized carbons (Fsp3) is 0.200. The number of amides is 2. The summed E-state index contributed by atoms with van der Waals surface area (Å²) in [5, 5.41) is 12.3. The normalized spacial score (nSPS) is 9.64. The van der Waals surface area contributed by atoms with Crippen LogP contribution in [-0.2, 0) is 9.59 Å². The Balaban J connectivity index is 1.57. The highest BCUT2D eigenvalue weighted by Gasteiger charge is 2.03. The number of carbonyl (C=O) groups is 2. The number of benzene rings is 2. The Morgan fingerprint density at radius 1 is 0.714 bits per heavy atom. The number of hydrogen-bond acceptors (Lipinski definition) is 4. The molecule has 146 valence electrons. The van der Waals surface area contributed by atoms with Crippen LogP contribution in [0, 0.1) is 11.8 Å².